The van der Waals surface area contributed by atoms with Gasteiger partial charge in [0.25, 0.3) is 0 Å². The van der Waals surface area contributed by atoms with Gasteiger partial charge in [0.2, 0.25) is 0 Å². The summed E-state index contributed by atoms with van der Waals surface area (Å²) >= 11 is 0. The smallest absolute Gasteiger partial charge is 0.338 e. The van der Waals surface area contributed by atoms with Gasteiger partial charge in [-0.3, -0.25) is 14.1 Å². The first kappa shape index (κ1) is 13.3. The molecule has 0 fully saturated rings. The Morgan fingerprint density at radius 2 is 1.43 bits per heavy atom. The monoisotopic (exact) mass is 303 g/mol. The number of nitrogens with zero attached hydrogens (tertiary/aromatic N) is 3. The maximum absolute atomic E-state index is 13.0. The molecule has 112 valence electrons. The van der Waals surface area contributed by atoms with E-state index in [1.54, 1.807) is 45.8 Å². The fraction of sp³-hybridized carbons (Fsp3) is 0. The summed E-state index contributed by atoms with van der Waals surface area (Å²) < 4.78 is 3.25. The molecule has 4 rings (SSSR count). The third-order valence-electron chi connectivity index (χ3n) is 3.76. The van der Waals surface area contributed by atoms with Crippen molar-refractivity contribution < 1.29 is 5.11 Å². The molecule has 0 aliphatic heterocycles. The second-order valence-corrected chi connectivity index (χ2v) is 5.17. The normalized spacial score (nSPS) is 11.0. The predicted octanol–water partition coefficient (Wildman–Crippen LogP) is 2.88. The molecule has 0 saturated carbocycles. The molecule has 5 heteroatoms. The van der Waals surface area contributed by atoms with Crippen molar-refractivity contribution >= 4 is 11.0 Å². The molecular weight excluding hydrogens is 290 g/mol. The number of benzene rings is 2. The van der Waals surface area contributed by atoms with E-state index in [9.17, 15) is 9.90 Å². The minimum absolute atomic E-state index is 0.159. The van der Waals surface area contributed by atoms with E-state index >= 15 is 0 Å². The summed E-state index contributed by atoms with van der Waals surface area (Å²) in [4.78, 5) is 17.2. The number of hydrogen-bond donors (Lipinski definition) is 1. The van der Waals surface area contributed by atoms with Gasteiger partial charge in [-0.2, -0.15) is 0 Å². The number of phenols is 1. The van der Waals surface area contributed by atoms with Crippen LogP contribution < -0.4 is 5.69 Å². The number of pyridine rings is 1. The second kappa shape index (κ2) is 5.14. The van der Waals surface area contributed by atoms with E-state index < -0.39 is 0 Å². The van der Waals surface area contributed by atoms with Gasteiger partial charge in [-0.15, -0.1) is 0 Å². The summed E-state index contributed by atoms with van der Waals surface area (Å²) in [6.45, 7) is 0. The molecule has 0 amide bonds. The lowest BCUT2D eigenvalue weighted by atomic mass is 10.3. The van der Waals surface area contributed by atoms with Crippen molar-refractivity contribution in [1.82, 2.24) is 14.1 Å². The van der Waals surface area contributed by atoms with Crippen LogP contribution in [0.4, 0.5) is 0 Å². The first-order chi connectivity index (χ1) is 11.3. The average Bonchev–Trinajstić information content (AvgIpc) is 2.88. The molecule has 0 aliphatic carbocycles. The minimum Gasteiger partial charge on any atom is -0.508 e. The fourth-order valence-corrected chi connectivity index (χ4v) is 2.72. The number of rotatable bonds is 2. The SMILES string of the molecule is O=c1n(-c2ccccc2)c2ccncc2n1-c1ccc(O)cc1. The first-order valence-corrected chi connectivity index (χ1v) is 7.18. The van der Waals surface area contributed by atoms with Gasteiger partial charge in [0, 0.05) is 6.20 Å². The van der Waals surface area contributed by atoms with Crippen LogP contribution in [-0.2, 0) is 0 Å². The van der Waals surface area contributed by atoms with Crippen LogP contribution in [0.3, 0.4) is 0 Å². The van der Waals surface area contributed by atoms with Crippen LogP contribution in [0.1, 0.15) is 0 Å². The molecule has 23 heavy (non-hydrogen) atoms. The van der Waals surface area contributed by atoms with E-state index in [1.807, 2.05) is 36.4 Å². The second-order valence-electron chi connectivity index (χ2n) is 5.17. The third kappa shape index (κ3) is 2.10. The largest absolute Gasteiger partial charge is 0.508 e. The lowest BCUT2D eigenvalue weighted by Gasteiger charge is -2.03. The molecule has 1 N–H and O–H groups in total. The van der Waals surface area contributed by atoms with Crippen LogP contribution in [0, 0.1) is 0 Å². The Morgan fingerprint density at radius 3 is 2.17 bits per heavy atom. The molecule has 0 saturated heterocycles. The highest BCUT2D eigenvalue weighted by Crippen LogP contribution is 2.21. The van der Waals surface area contributed by atoms with Crippen LogP contribution in [0.25, 0.3) is 22.4 Å². The minimum atomic E-state index is -0.176. The fourth-order valence-electron chi connectivity index (χ4n) is 2.72. The van der Waals surface area contributed by atoms with Crippen LogP contribution in [0.15, 0.2) is 77.9 Å². The molecule has 0 atom stereocenters. The molecule has 2 aromatic heterocycles. The average molecular weight is 303 g/mol. The Morgan fingerprint density at radius 1 is 0.783 bits per heavy atom. The molecule has 5 nitrogen and oxygen atoms in total. The van der Waals surface area contributed by atoms with Crippen LogP contribution in [-0.4, -0.2) is 19.2 Å². The standard InChI is InChI=1S/C18H13N3O2/c22-15-8-6-14(7-9-15)21-17-12-19-11-10-16(17)20(18(21)23)13-4-2-1-3-5-13/h1-12,22H. The van der Waals surface area contributed by atoms with Gasteiger partial charge in [0.15, 0.2) is 0 Å². The molecule has 0 bridgehead atoms. The number of aromatic hydroxyl groups is 1. The molecule has 2 heterocycles. The van der Waals surface area contributed by atoms with Crippen molar-refractivity contribution in [3.63, 3.8) is 0 Å². The van der Waals surface area contributed by atoms with E-state index in [4.69, 9.17) is 0 Å². The molecule has 0 radical (unpaired) electrons. The first-order valence-electron chi connectivity index (χ1n) is 7.18. The molecule has 4 aromatic rings. The van der Waals surface area contributed by atoms with E-state index in [1.165, 1.54) is 0 Å². The van der Waals surface area contributed by atoms with Gasteiger partial charge in [-0.05, 0) is 42.5 Å². The van der Waals surface area contributed by atoms with Crippen molar-refractivity contribution in [3.05, 3.63) is 83.5 Å². The lowest BCUT2D eigenvalue weighted by molar-refractivity contribution is 0.475. The van der Waals surface area contributed by atoms with Crippen LogP contribution in [0.2, 0.25) is 0 Å². The van der Waals surface area contributed by atoms with Crippen molar-refractivity contribution in [2.75, 3.05) is 0 Å². The topological polar surface area (TPSA) is 60.0 Å². The number of fused-ring (bicyclic) bond motifs is 1. The molecule has 0 spiro atoms. The summed E-state index contributed by atoms with van der Waals surface area (Å²) in [6, 6.07) is 17.8. The molecule has 0 aliphatic rings. The van der Waals surface area contributed by atoms with Gasteiger partial charge < -0.3 is 5.11 Å². The highest BCUT2D eigenvalue weighted by Gasteiger charge is 2.15. The van der Waals surface area contributed by atoms with Crippen molar-refractivity contribution in [3.8, 4) is 17.1 Å². The van der Waals surface area contributed by atoms with Crippen LogP contribution >= 0.6 is 0 Å². The van der Waals surface area contributed by atoms with Crippen LogP contribution in [0.5, 0.6) is 5.75 Å². The zero-order chi connectivity index (χ0) is 15.8. The molecule has 0 unspecified atom stereocenters. The Bertz CT molecular complexity index is 1030. The quantitative estimate of drug-likeness (QED) is 0.619. The lowest BCUT2D eigenvalue weighted by Crippen LogP contribution is -2.21. The Hall–Kier alpha value is -3.34. The number of imidazole rings is 1. The zero-order valence-electron chi connectivity index (χ0n) is 12.1. The van der Waals surface area contributed by atoms with Gasteiger partial charge in [0.05, 0.1) is 28.6 Å². The highest BCUT2D eigenvalue weighted by molar-refractivity contribution is 5.79. The van der Waals surface area contributed by atoms with E-state index in [0.717, 1.165) is 11.2 Å². The molecular formula is C18H13N3O2. The maximum atomic E-state index is 13.0. The van der Waals surface area contributed by atoms with Gasteiger partial charge in [0.1, 0.15) is 5.75 Å². The summed E-state index contributed by atoms with van der Waals surface area (Å²) in [5.41, 5.74) is 2.80. The summed E-state index contributed by atoms with van der Waals surface area (Å²) in [5, 5.41) is 9.46. The Labute approximate surface area is 131 Å². The highest BCUT2D eigenvalue weighted by atomic mass is 16.3. The molecule has 2 aromatic carbocycles. The van der Waals surface area contributed by atoms with Gasteiger partial charge in [-0.1, -0.05) is 18.2 Å². The van der Waals surface area contributed by atoms with Crippen molar-refractivity contribution in [1.29, 1.82) is 0 Å². The maximum Gasteiger partial charge on any atom is 0.338 e. The summed E-state index contributed by atoms with van der Waals surface area (Å²) in [6.07, 6.45) is 3.34. The zero-order valence-corrected chi connectivity index (χ0v) is 12.1. The number of para-hydroxylation sites is 1. The predicted molar refractivity (Wildman–Crippen MR) is 88.3 cm³/mol. The van der Waals surface area contributed by atoms with Gasteiger partial charge >= 0.3 is 5.69 Å². The summed E-state index contributed by atoms with van der Waals surface area (Å²) in [7, 11) is 0. The van der Waals surface area contributed by atoms with E-state index in [-0.39, 0.29) is 11.4 Å². The van der Waals surface area contributed by atoms with Crippen molar-refractivity contribution in [2.24, 2.45) is 0 Å². The number of phenolic OH excluding ortho intramolecular Hbond substituents is 1. The Kier molecular flexibility index (Phi) is 2.98. The van der Waals surface area contributed by atoms with Gasteiger partial charge in [-0.25, -0.2) is 4.79 Å². The third-order valence-corrected chi connectivity index (χ3v) is 3.76. The van der Waals surface area contributed by atoms with Crippen molar-refractivity contribution in [2.45, 2.75) is 0 Å². The number of hydrogen-bond acceptors (Lipinski definition) is 3. The Balaban J connectivity index is 2.09. The summed E-state index contributed by atoms with van der Waals surface area (Å²) in [5.74, 6) is 0.159. The number of aromatic nitrogens is 3. The van der Waals surface area contributed by atoms with E-state index in [2.05, 4.69) is 4.98 Å². The van der Waals surface area contributed by atoms with E-state index in [0.29, 0.717) is 11.2 Å².